The van der Waals surface area contributed by atoms with Crippen LogP contribution in [0.15, 0.2) is 33.2 Å². The van der Waals surface area contributed by atoms with Gasteiger partial charge in [0.1, 0.15) is 0 Å². The minimum atomic E-state index is -0.204. The monoisotopic (exact) mass is 357 g/mol. The average Bonchev–Trinajstić information content (AvgIpc) is 2.67. The molecule has 0 fully saturated rings. The number of amides is 1. The van der Waals surface area contributed by atoms with Gasteiger partial charge in [0.15, 0.2) is 5.82 Å². The van der Waals surface area contributed by atoms with Gasteiger partial charge in [0.2, 0.25) is 0 Å². The lowest BCUT2D eigenvalue weighted by molar-refractivity contribution is 0.102. The molecule has 0 saturated heterocycles. The number of benzene rings is 1. The summed E-state index contributed by atoms with van der Waals surface area (Å²) < 4.78 is 1.59. The number of hydrogen-bond acceptors (Lipinski definition) is 2. The van der Waals surface area contributed by atoms with Crippen molar-refractivity contribution in [3.63, 3.8) is 0 Å². The van der Waals surface area contributed by atoms with Crippen molar-refractivity contribution in [2.75, 3.05) is 5.32 Å². The summed E-state index contributed by atoms with van der Waals surface area (Å²) in [4.78, 5) is 12.0. The maximum atomic E-state index is 12.0. The van der Waals surface area contributed by atoms with E-state index in [0.717, 1.165) is 14.6 Å². The molecule has 0 saturated carbocycles. The molecule has 0 atom stereocenters. The van der Waals surface area contributed by atoms with E-state index in [1.165, 1.54) is 0 Å². The van der Waals surface area contributed by atoms with E-state index in [0.29, 0.717) is 11.4 Å². The Hall–Kier alpha value is -1.14. The normalized spacial score (nSPS) is 10.3. The zero-order valence-corrected chi connectivity index (χ0v) is 12.1. The van der Waals surface area contributed by atoms with Crippen LogP contribution in [0.5, 0.6) is 0 Å². The van der Waals surface area contributed by atoms with Gasteiger partial charge in [-0.25, -0.2) is 0 Å². The van der Waals surface area contributed by atoms with Crippen LogP contribution in [0, 0.1) is 6.92 Å². The van der Waals surface area contributed by atoms with Crippen LogP contribution in [-0.2, 0) is 0 Å². The Morgan fingerprint density at radius 1 is 1.35 bits per heavy atom. The van der Waals surface area contributed by atoms with E-state index in [2.05, 4.69) is 47.4 Å². The molecule has 0 bridgehead atoms. The van der Waals surface area contributed by atoms with Crippen molar-refractivity contribution in [2.45, 2.75) is 6.92 Å². The van der Waals surface area contributed by atoms with E-state index in [1.54, 1.807) is 12.1 Å². The van der Waals surface area contributed by atoms with Gasteiger partial charge in [-0.15, -0.1) is 0 Å². The largest absolute Gasteiger partial charge is 0.305 e. The first-order valence-corrected chi connectivity index (χ1v) is 6.43. The first-order chi connectivity index (χ1) is 8.06. The molecule has 2 rings (SSSR count). The van der Waals surface area contributed by atoms with Crippen LogP contribution in [0.4, 0.5) is 5.82 Å². The number of anilines is 1. The van der Waals surface area contributed by atoms with Crippen molar-refractivity contribution in [1.29, 1.82) is 0 Å². The highest BCUT2D eigenvalue weighted by Crippen LogP contribution is 2.22. The zero-order valence-electron chi connectivity index (χ0n) is 8.92. The summed E-state index contributed by atoms with van der Waals surface area (Å²) in [6.45, 7) is 1.87. The molecule has 0 aliphatic carbocycles. The maximum absolute atomic E-state index is 12.0. The van der Waals surface area contributed by atoms with Crippen molar-refractivity contribution < 1.29 is 4.79 Å². The van der Waals surface area contributed by atoms with Crippen molar-refractivity contribution >= 4 is 43.6 Å². The quantitative estimate of drug-likeness (QED) is 0.863. The summed E-state index contributed by atoms with van der Waals surface area (Å²) in [7, 11) is 0. The number of nitrogens with one attached hydrogen (secondary N) is 2. The topological polar surface area (TPSA) is 57.8 Å². The number of hydrogen-bond donors (Lipinski definition) is 2. The summed E-state index contributed by atoms with van der Waals surface area (Å²) in [6.07, 6.45) is 0. The number of rotatable bonds is 2. The number of nitrogens with zero attached hydrogens (tertiary/aromatic N) is 1. The van der Waals surface area contributed by atoms with Crippen molar-refractivity contribution in [2.24, 2.45) is 0 Å². The Morgan fingerprint density at radius 3 is 2.76 bits per heavy atom. The minimum absolute atomic E-state index is 0.204. The second-order valence-electron chi connectivity index (χ2n) is 3.51. The highest BCUT2D eigenvalue weighted by atomic mass is 79.9. The summed E-state index contributed by atoms with van der Waals surface area (Å²) in [6, 6.07) is 7.19. The molecule has 1 heterocycles. The molecule has 1 aromatic carbocycles. The van der Waals surface area contributed by atoms with E-state index >= 15 is 0 Å². The summed E-state index contributed by atoms with van der Waals surface area (Å²) >= 11 is 6.67. The molecule has 0 aliphatic heterocycles. The Balaban J connectivity index is 2.22. The van der Waals surface area contributed by atoms with Crippen LogP contribution >= 0.6 is 31.9 Å². The second-order valence-corrected chi connectivity index (χ2v) is 5.28. The summed E-state index contributed by atoms with van der Waals surface area (Å²) in [5, 5.41) is 9.43. The lowest BCUT2D eigenvalue weighted by Crippen LogP contribution is -2.12. The molecule has 0 unspecified atom stereocenters. The van der Waals surface area contributed by atoms with Crippen molar-refractivity contribution in [3.8, 4) is 0 Å². The van der Waals surface area contributed by atoms with Crippen LogP contribution in [-0.4, -0.2) is 16.1 Å². The fraction of sp³-hybridized carbons (Fsp3) is 0.0909. The molecule has 1 amide bonds. The van der Waals surface area contributed by atoms with Crippen molar-refractivity contribution in [3.05, 3.63) is 44.5 Å². The van der Waals surface area contributed by atoms with Crippen LogP contribution in [0.25, 0.3) is 0 Å². The van der Waals surface area contributed by atoms with Crippen LogP contribution < -0.4 is 5.32 Å². The van der Waals surface area contributed by atoms with Gasteiger partial charge < -0.3 is 5.32 Å². The SMILES string of the molecule is Cc1cc(NC(=O)c2cc(Br)ccc2Br)n[nH]1. The predicted octanol–water partition coefficient (Wildman–Crippen LogP) is 3.50. The predicted molar refractivity (Wildman–Crippen MR) is 73.1 cm³/mol. The maximum Gasteiger partial charge on any atom is 0.258 e. The molecule has 88 valence electrons. The number of aromatic amines is 1. The van der Waals surface area contributed by atoms with E-state index < -0.39 is 0 Å². The Bertz CT molecular complexity index is 566. The smallest absolute Gasteiger partial charge is 0.258 e. The fourth-order valence-electron chi connectivity index (χ4n) is 1.34. The van der Waals surface area contributed by atoms with E-state index in [-0.39, 0.29) is 5.91 Å². The van der Waals surface area contributed by atoms with E-state index in [4.69, 9.17) is 0 Å². The van der Waals surface area contributed by atoms with Gasteiger partial charge in [0, 0.05) is 20.7 Å². The standard InChI is InChI=1S/C11H9Br2N3O/c1-6-4-10(16-15-6)14-11(17)8-5-7(12)2-3-9(8)13/h2-5H,1H3,(H2,14,15,16,17). The molecular formula is C11H9Br2N3O. The van der Waals surface area contributed by atoms with E-state index in [1.807, 2.05) is 19.1 Å². The lowest BCUT2D eigenvalue weighted by atomic mass is 10.2. The number of H-pyrrole nitrogens is 1. The first-order valence-electron chi connectivity index (χ1n) is 4.84. The summed E-state index contributed by atoms with van der Waals surface area (Å²) in [5.74, 6) is 0.309. The fourth-order valence-corrected chi connectivity index (χ4v) is 2.12. The van der Waals surface area contributed by atoms with Crippen LogP contribution in [0.1, 0.15) is 16.1 Å². The molecule has 17 heavy (non-hydrogen) atoms. The van der Waals surface area contributed by atoms with Gasteiger partial charge in [-0.05, 0) is 41.1 Å². The highest BCUT2D eigenvalue weighted by Gasteiger charge is 2.11. The van der Waals surface area contributed by atoms with Gasteiger partial charge in [0.05, 0.1) is 5.56 Å². The molecule has 2 N–H and O–H groups in total. The number of halogens is 2. The third-order valence-corrected chi connectivity index (χ3v) is 3.31. The van der Waals surface area contributed by atoms with Gasteiger partial charge in [-0.1, -0.05) is 15.9 Å². The molecule has 1 aromatic heterocycles. The Labute approximate surface area is 115 Å². The van der Waals surface area contributed by atoms with E-state index in [9.17, 15) is 4.79 Å². The first kappa shape index (κ1) is 12.3. The van der Waals surface area contributed by atoms with Crippen LogP contribution in [0.3, 0.4) is 0 Å². The van der Waals surface area contributed by atoms with Gasteiger partial charge in [-0.3, -0.25) is 9.89 Å². The molecule has 2 aromatic rings. The molecular weight excluding hydrogens is 350 g/mol. The molecule has 0 spiro atoms. The third-order valence-electron chi connectivity index (χ3n) is 2.12. The lowest BCUT2D eigenvalue weighted by Gasteiger charge is -2.04. The minimum Gasteiger partial charge on any atom is -0.305 e. The van der Waals surface area contributed by atoms with Gasteiger partial charge in [-0.2, -0.15) is 5.10 Å². The molecule has 0 radical (unpaired) electrons. The average molecular weight is 359 g/mol. The summed E-state index contributed by atoms with van der Waals surface area (Å²) in [5.41, 5.74) is 1.45. The van der Waals surface area contributed by atoms with Gasteiger partial charge >= 0.3 is 0 Å². The zero-order chi connectivity index (χ0) is 12.4. The second kappa shape index (κ2) is 5.01. The third kappa shape index (κ3) is 2.95. The Morgan fingerprint density at radius 2 is 2.12 bits per heavy atom. The molecule has 4 nitrogen and oxygen atoms in total. The number of carbonyl (C=O) groups excluding carboxylic acids is 1. The number of aromatic nitrogens is 2. The number of carbonyl (C=O) groups is 1. The Kier molecular flexibility index (Phi) is 3.63. The number of aryl methyl sites for hydroxylation is 1. The molecule has 0 aliphatic rings. The van der Waals surface area contributed by atoms with Gasteiger partial charge in [0.25, 0.3) is 5.91 Å². The molecule has 6 heteroatoms. The highest BCUT2D eigenvalue weighted by molar-refractivity contribution is 9.11. The van der Waals surface area contributed by atoms with Crippen molar-refractivity contribution in [1.82, 2.24) is 10.2 Å². The van der Waals surface area contributed by atoms with Crippen LogP contribution in [0.2, 0.25) is 0 Å².